The predicted molar refractivity (Wildman–Crippen MR) is 176 cm³/mol. The van der Waals surface area contributed by atoms with Gasteiger partial charge in [-0.15, -0.1) is 0 Å². The van der Waals surface area contributed by atoms with E-state index in [0.29, 0.717) is 21.8 Å². The maximum Gasteiger partial charge on any atom is 0.260 e. The fourth-order valence-electron chi connectivity index (χ4n) is 8.60. The third kappa shape index (κ3) is 4.46. The zero-order chi connectivity index (χ0) is 34.2. The molecular formula is C38H28ClF2N3O5. The first-order valence-electron chi connectivity index (χ1n) is 15.9. The molecular weight excluding hydrogens is 652 g/mol. The molecule has 4 amide bonds. The standard InChI is InChI=1S/C38H28ClF2N3O5/c39-21-11-9-20(10-12-21)38-29(35(47)44(37(38)49)42-23-15-13-22(40)14-16-23)19-28-25(32(38)27-7-4-8-30(41)33(27)45)17-18-26-31(28)36(48)43(34(26)46)24-5-2-1-3-6-24/h1-17,26,28-29,31-32,42,45H,18-19H2/t26-,28+,29-,31-,32+,38+/m0/s1. The molecule has 2 heterocycles. The predicted octanol–water partition coefficient (Wildman–Crippen LogP) is 6.51. The highest BCUT2D eigenvalue weighted by Crippen LogP contribution is 2.65. The number of nitrogens with one attached hydrogen (secondary N) is 1. The van der Waals surface area contributed by atoms with Gasteiger partial charge < -0.3 is 5.11 Å². The minimum atomic E-state index is -1.74. The molecule has 2 aliphatic carbocycles. The zero-order valence-corrected chi connectivity index (χ0v) is 26.5. The molecule has 246 valence electrons. The number of nitrogens with zero attached hydrogens (tertiary/aromatic N) is 2. The van der Waals surface area contributed by atoms with Crippen molar-refractivity contribution in [2.45, 2.75) is 24.2 Å². The number of carbonyl (C=O) groups excluding carboxylic acids is 4. The molecule has 1 saturated carbocycles. The smallest absolute Gasteiger partial charge is 0.260 e. The molecule has 11 heteroatoms. The molecule has 6 atom stereocenters. The summed E-state index contributed by atoms with van der Waals surface area (Å²) in [5, 5.41) is 12.6. The van der Waals surface area contributed by atoms with Gasteiger partial charge in [-0.1, -0.05) is 65.7 Å². The van der Waals surface area contributed by atoms with Gasteiger partial charge in [0.25, 0.3) is 11.8 Å². The highest BCUT2D eigenvalue weighted by molar-refractivity contribution is 6.30. The van der Waals surface area contributed by atoms with Gasteiger partial charge in [-0.05, 0) is 78.9 Å². The lowest BCUT2D eigenvalue weighted by atomic mass is 9.49. The zero-order valence-electron chi connectivity index (χ0n) is 25.7. The molecule has 2 aliphatic heterocycles. The molecule has 4 aromatic carbocycles. The lowest BCUT2D eigenvalue weighted by Crippen LogP contribution is -2.53. The van der Waals surface area contributed by atoms with Gasteiger partial charge in [-0.3, -0.25) is 29.5 Å². The summed E-state index contributed by atoms with van der Waals surface area (Å²) in [5.74, 6) is -8.73. The maximum absolute atomic E-state index is 15.2. The highest BCUT2D eigenvalue weighted by atomic mass is 35.5. The minimum Gasteiger partial charge on any atom is -0.505 e. The summed E-state index contributed by atoms with van der Waals surface area (Å²) in [5.41, 5.74) is 2.85. The number of imide groups is 2. The summed E-state index contributed by atoms with van der Waals surface area (Å²) in [4.78, 5) is 59.0. The second kappa shape index (κ2) is 11.4. The van der Waals surface area contributed by atoms with Crippen molar-refractivity contribution < 1.29 is 33.1 Å². The summed E-state index contributed by atoms with van der Waals surface area (Å²) in [6.45, 7) is 0. The van der Waals surface area contributed by atoms with E-state index >= 15 is 9.18 Å². The van der Waals surface area contributed by atoms with E-state index in [9.17, 15) is 23.9 Å². The number of fused-ring (bicyclic) bond motifs is 4. The molecule has 0 aromatic heterocycles. The van der Waals surface area contributed by atoms with E-state index in [4.69, 9.17) is 11.6 Å². The van der Waals surface area contributed by atoms with Crippen LogP contribution in [0.2, 0.25) is 5.02 Å². The van der Waals surface area contributed by atoms with Gasteiger partial charge in [0.2, 0.25) is 11.8 Å². The average Bonchev–Trinajstić information content (AvgIpc) is 3.48. The van der Waals surface area contributed by atoms with Gasteiger partial charge in [0, 0.05) is 16.5 Å². The first kappa shape index (κ1) is 31.0. The van der Waals surface area contributed by atoms with Crippen LogP contribution in [-0.2, 0) is 24.6 Å². The van der Waals surface area contributed by atoms with E-state index < -0.39 is 70.1 Å². The number of halogens is 3. The van der Waals surface area contributed by atoms with Crippen molar-refractivity contribution in [1.82, 2.24) is 5.01 Å². The van der Waals surface area contributed by atoms with E-state index in [1.54, 1.807) is 54.6 Å². The lowest BCUT2D eigenvalue weighted by molar-refractivity contribution is -0.138. The number of rotatable bonds is 5. The largest absolute Gasteiger partial charge is 0.505 e. The number of amides is 4. The van der Waals surface area contributed by atoms with E-state index in [-0.39, 0.29) is 30.0 Å². The number of anilines is 2. The highest BCUT2D eigenvalue weighted by Gasteiger charge is 2.70. The number of phenolic OH excluding ortho intramolecular Hbond substituents is 1. The quantitative estimate of drug-likeness (QED) is 0.184. The first-order chi connectivity index (χ1) is 23.6. The monoisotopic (exact) mass is 679 g/mol. The SMILES string of the molecule is O=C1[C@@H]2C[C@@H]3C(=CC[C@@H]4C(=O)N(c5ccccc5)C(=O)[C@@H]43)[C@H](c3cccc(F)c3O)[C@]2(c2ccc(Cl)cc2)C(=O)N1Nc1ccc(F)cc1. The van der Waals surface area contributed by atoms with E-state index in [0.717, 1.165) is 11.1 Å². The molecule has 8 rings (SSSR count). The Bertz CT molecular complexity index is 2070. The van der Waals surface area contributed by atoms with Crippen molar-refractivity contribution in [2.24, 2.45) is 23.7 Å². The Morgan fingerprint density at radius 2 is 1.51 bits per heavy atom. The van der Waals surface area contributed by atoms with Crippen LogP contribution in [0.1, 0.15) is 29.9 Å². The van der Waals surface area contributed by atoms with Gasteiger partial charge in [0.05, 0.1) is 34.5 Å². The Labute approximate surface area is 284 Å². The molecule has 8 nitrogen and oxygen atoms in total. The van der Waals surface area contributed by atoms with Crippen molar-refractivity contribution in [3.8, 4) is 5.75 Å². The third-order valence-electron chi connectivity index (χ3n) is 10.6. The van der Waals surface area contributed by atoms with Gasteiger partial charge in [-0.2, -0.15) is 5.01 Å². The Morgan fingerprint density at radius 3 is 2.22 bits per heavy atom. The summed E-state index contributed by atoms with van der Waals surface area (Å²) >= 11 is 6.29. The van der Waals surface area contributed by atoms with Gasteiger partial charge in [-0.25, -0.2) is 8.78 Å². The van der Waals surface area contributed by atoms with Crippen LogP contribution in [0.4, 0.5) is 20.2 Å². The van der Waals surface area contributed by atoms with Crippen LogP contribution >= 0.6 is 11.6 Å². The third-order valence-corrected chi connectivity index (χ3v) is 10.9. The number of hydrogen-bond acceptors (Lipinski definition) is 6. The first-order valence-corrected chi connectivity index (χ1v) is 16.3. The van der Waals surface area contributed by atoms with E-state index in [2.05, 4.69) is 5.43 Å². The summed E-state index contributed by atoms with van der Waals surface area (Å²) in [6.07, 6.45) is 2.00. The van der Waals surface area contributed by atoms with Crippen LogP contribution in [0.3, 0.4) is 0 Å². The number of benzene rings is 4. The van der Waals surface area contributed by atoms with Crippen molar-refractivity contribution in [1.29, 1.82) is 0 Å². The van der Waals surface area contributed by atoms with Crippen LogP contribution in [0.15, 0.2) is 109 Å². The van der Waals surface area contributed by atoms with Crippen molar-refractivity contribution >= 4 is 46.6 Å². The minimum absolute atomic E-state index is 0.00995. The van der Waals surface area contributed by atoms with Gasteiger partial charge >= 0.3 is 0 Å². The Hall–Kier alpha value is -5.35. The number of carbonyl (C=O) groups is 4. The number of allylic oxidation sites excluding steroid dienone is 2. The van der Waals surface area contributed by atoms with Crippen LogP contribution in [-0.4, -0.2) is 33.7 Å². The van der Waals surface area contributed by atoms with Crippen LogP contribution in [0, 0.1) is 35.3 Å². The van der Waals surface area contributed by atoms with Gasteiger partial charge in [0.1, 0.15) is 5.82 Å². The van der Waals surface area contributed by atoms with E-state index in [1.807, 2.05) is 6.08 Å². The Morgan fingerprint density at radius 1 is 0.796 bits per heavy atom. The van der Waals surface area contributed by atoms with Crippen molar-refractivity contribution in [2.75, 3.05) is 10.3 Å². The van der Waals surface area contributed by atoms with Crippen molar-refractivity contribution in [3.05, 3.63) is 136 Å². The summed E-state index contributed by atoms with van der Waals surface area (Å²) < 4.78 is 29.0. The fraction of sp³-hybridized carbons (Fsp3) is 0.211. The molecule has 0 radical (unpaired) electrons. The molecule has 0 unspecified atom stereocenters. The van der Waals surface area contributed by atoms with Crippen molar-refractivity contribution in [3.63, 3.8) is 0 Å². The summed E-state index contributed by atoms with van der Waals surface area (Å²) in [6, 6.07) is 24.2. The Kier molecular flexibility index (Phi) is 7.18. The second-order valence-electron chi connectivity index (χ2n) is 12.9. The molecule has 49 heavy (non-hydrogen) atoms. The normalized spacial score (nSPS) is 27.5. The van der Waals surface area contributed by atoms with Crippen LogP contribution in [0.5, 0.6) is 5.75 Å². The summed E-state index contributed by atoms with van der Waals surface area (Å²) in [7, 11) is 0. The molecule has 2 saturated heterocycles. The molecule has 0 spiro atoms. The molecule has 2 N–H and O–H groups in total. The number of para-hydroxylation sites is 2. The number of hydrogen-bond donors (Lipinski definition) is 2. The molecule has 4 aliphatic rings. The fourth-order valence-corrected chi connectivity index (χ4v) is 8.72. The number of hydrazine groups is 1. The molecule has 4 aromatic rings. The average molecular weight is 680 g/mol. The Balaban J connectivity index is 1.34. The van der Waals surface area contributed by atoms with Crippen LogP contribution < -0.4 is 10.3 Å². The number of phenols is 1. The topological polar surface area (TPSA) is 107 Å². The van der Waals surface area contributed by atoms with Crippen LogP contribution in [0.25, 0.3) is 0 Å². The second-order valence-corrected chi connectivity index (χ2v) is 13.3. The molecule has 3 fully saturated rings. The molecule has 0 bridgehead atoms. The number of aromatic hydroxyl groups is 1. The maximum atomic E-state index is 15.2. The van der Waals surface area contributed by atoms with E-state index in [1.165, 1.54) is 41.3 Å². The van der Waals surface area contributed by atoms with Gasteiger partial charge in [0.15, 0.2) is 11.6 Å². The lowest BCUT2D eigenvalue weighted by Gasteiger charge is -2.50.